The second-order valence-corrected chi connectivity index (χ2v) is 7.18. The van der Waals surface area contributed by atoms with Crippen molar-refractivity contribution in [2.24, 2.45) is 0 Å². The van der Waals surface area contributed by atoms with Gasteiger partial charge in [-0.1, -0.05) is 49.7 Å². The van der Waals surface area contributed by atoms with Gasteiger partial charge in [-0.15, -0.1) is 0 Å². The molecule has 0 aliphatic heterocycles. The number of nitrogens with one attached hydrogen (secondary N) is 1. The van der Waals surface area contributed by atoms with Crippen LogP contribution >= 0.6 is 11.6 Å². The van der Waals surface area contributed by atoms with E-state index in [1.807, 2.05) is 39.0 Å². The van der Waals surface area contributed by atoms with Gasteiger partial charge in [0.15, 0.2) is 6.10 Å². The van der Waals surface area contributed by atoms with Gasteiger partial charge in [0.05, 0.1) is 5.02 Å². The molecule has 0 heterocycles. The molecule has 28 heavy (non-hydrogen) atoms. The Morgan fingerprint density at radius 1 is 1.18 bits per heavy atom. The monoisotopic (exact) mass is 403 g/mol. The Kier molecular flexibility index (Phi) is 7.35. The van der Waals surface area contributed by atoms with Crippen molar-refractivity contribution in [1.29, 1.82) is 0 Å². The van der Waals surface area contributed by atoms with Crippen LogP contribution in [0.3, 0.4) is 0 Å². The Morgan fingerprint density at radius 2 is 1.89 bits per heavy atom. The minimum absolute atomic E-state index is 0.0394. The van der Waals surface area contributed by atoms with E-state index in [4.69, 9.17) is 16.3 Å². The molecule has 0 unspecified atom stereocenters. The molecule has 2 aromatic carbocycles. The fourth-order valence-corrected chi connectivity index (χ4v) is 2.80. The van der Waals surface area contributed by atoms with Crippen molar-refractivity contribution in [2.45, 2.75) is 39.7 Å². The van der Waals surface area contributed by atoms with Gasteiger partial charge < -0.3 is 10.1 Å². The van der Waals surface area contributed by atoms with E-state index in [0.717, 1.165) is 16.8 Å². The summed E-state index contributed by atoms with van der Waals surface area (Å²) < 4.78 is 18.3. The molecule has 1 N–H and O–H groups in total. The molecule has 2 aromatic rings. The standard InChI is InChI=1S/C22H23ClFNO3/c1-13(2)17-7-5-6-14(3)21(17)25-22(27)15(4)28-20(26)11-9-16-8-10-19(24)18(23)12-16/h5-13,15H,1-4H3,(H,25,27)/b11-9+/t15-/m1/s1. The summed E-state index contributed by atoms with van der Waals surface area (Å²) >= 11 is 5.70. The highest BCUT2D eigenvalue weighted by atomic mass is 35.5. The molecule has 0 saturated carbocycles. The second-order valence-electron chi connectivity index (χ2n) is 6.77. The lowest BCUT2D eigenvalue weighted by Crippen LogP contribution is -2.30. The van der Waals surface area contributed by atoms with Gasteiger partial charge in [-0.2, -0.15) is 0 Å². The summed E-state index contributed by atoms with van der Waals surface area (Å²) in [6, 6.07) is 9.89. The summed E-state index contributed by atoms with van der Waals surface area (Å²) in [5.74, 6) is -1.40. The number of ether oxygens (including phenoxy) is 1. The normalized spacial score (nSPS) is 12.2. The summed E-state index contributed by atoms with van der Waals surface area (Å²) in [5, 5.41) is 2.81. The van der Waals surface area contributed by atoms with Crippen LogP contribution in [0.5, 0.6) is 0 Å². The highest BCUT2D eigenvalue weighted by Gasteiger charge is 2.19. The van der Waals surface area contributed by atoms with Crippen molar-refractivity contribution in [3.63, 3.8) is 0 Å². The first-order chi connectivity index (χ1) is 13.2. The zero-order valence-electron chi connectivity index (χ0n) is 16.3. The van der Waals surface area contributed by atoms with E-state index >= 15 is 0 Å². The zero-order valence-corrected chi connectivity index (χ0v) is 17.0. The first-order valence-electron chi connectivity index (χ1n) is 8.93. The number of carbonyl (C=O) groups excluding carboxylic acids is 2. The smallest absolute Gasteiger partial charge is 0.331 e. The Morgan fingerprint density at radius 3 is 2.54 bits per heavy atom. The van der Waals surface area contributed by atoms with E-state index in [1.54, 1.807) is 0 Å². The van der Waals surface area contributed by atoms with Crippen molar-refractivity contribution < 1.29 is 18.7 Å². The number of amides is 1. The van der Waals surface area contributed by atoms with Gasteiger partial charge in [-0.05, 0) is 54.7 Å². The van der Waals surface area contributed by atoms with Crippen LogP contribution in [0.25, 0.3) is 6.08 Å². The molecule has 1 amide bonds. The minimum atomic E-state index is -0.978. The summed E-state index contributed by atoms with van der Waals surface area (Å²) in [6.07, 6.45) is 1.63. The lowest BCUT2D eigenvalue weighted by molar-refractivity contribution is -0.148. The van der Waals surface area contributed by atoms with Gasteiger partial charge in [0.1, 0.15) is 5.82 Å². The van der Waals surface area contributed by atoms with Crippen LogP contribution in [-0.4, -0.2) is 18.0 Å². The van der Waals surface area contributed by atoms with Crippen LogP contribution in [0, 0.1) is 12.7 Å². The molecule has 1 atom stereocenters. The first kappa shape index (κ1) is 21.6. The van der Waals surface area contributed by atoms with Gasteiger partial charge in [0, 0.05) is 11.8 Å². The molecule has 0 aromatic heterocycles. The number of aryl methyl sites for hydroxylation is 1. The molecule has 0 bridgehead atoms. The van der Waals surface area contributed by atoms with Gasteiger partial charge >= 0.3 is 5.97 Å². The predicted molar refractivity (Wildman–Crippen MR) is 110 cm³/mol. The average Bonchev–Trinajstić information content (AvgIpc) is 2.64. The quantitative estimate of drug-likeness (QED) is 0.512. The molecule has 0 saturated heterocycles. The number of halogens is 2. The van der Waals surface area contributed by atoms with Crippen LogP contribution < -0.4 is 5.32 Å². The Hall–Kier alpha value is -2.66. The van der Waals surface area contributed by atoms with Gasteiger partial charge in [0.2, 0.25) is 0 Å². The molecular formula is C22H23ClFNO3. The summed E-state index contributed by atoms with van der Waals surface area (Å²) in [4.78, 5) is 24.4. The van der Waals surface area contributed by atoms with Crippen molar-refractivity contribution in [1.82, 2.24) is 0 Å². The predicted octanol–water partition coefficient (Wildman–Crippen LogP) is 5.49. The highest BCUT2D eigenvalue weighted by Crippen LogP contribution is 2.27. The van der Waals surface area contributed by atoms with Crippen molar-refractivity contribution in [2.75, 3.05) is 5.32 Å². The molecule has 0 aliphatic carbocycles. The second kappa shape index (κ2) is 9.51. The maximum Gasteiger partial charge on any atom is 0.331 e. The van der Waals surface area contributed by atoms with Crippen LogP contribution in [0.4, 0.5) is 10.1 Å². The maximum absolute atomic E-state index is 13.2. The lowest BCUT2D eigenvalue weighted by atomic mass is 9.98. The van der Waals surface area contributed by atoms with Crippen molar-refractivity contribution in [3.05, 3.63) is 70.0 Å². The van der Waals surface area contributed by atoms with Gasteiger partial charge in [-0.25, -0.2) is 9.18 Å². The minimum Gasteiger partial charge on any atom is -0.449 e. The van der Waals surface area contributed by atoms with E-state index in [2.05, 4.69) is 5.32 Å². The zero-order chi connectivity index (χ0) is 20.8. The van der Waals surface area contributed by atoms with E-state index in [1.165, 1.54) is 37.3 Å². The molecule has 0 spiro atoms. The highest BCUT2D eigenvalue weighted by molar-refractivity contribution is 6.30. The Bertz CT molecular complexity index is 909. The molecular weight excluding hydrogens is 381 g/mol. The largest absolute Gasteiger partial charge is 0.449 e. The Balaban J connectivity index is 2.01. The fourth-order valence-electron chi connectivity index (χ4n) is 2.61. The number of hydrogen-bond donors (Lipinski definition) is 1. The van der Waals surface area contributed by atoms with Crippen LogP contribution in [0.1, 0.15) is 43.4 Å². The van der Waals surface area contributed by atoms with Gasteiger partial charge in [0.25, 0.3) is 5.91 Å². The molecule has 4 nitrogen and oxygen atoms in total. The van der Waals surface area contributed by atoms with E-state index in [-0.39, 0.29) is 10.9 Å². The summed E-state index contributed by atoms with van der Waals surface area (Å²) in [7, 11) is 0. The Labute approximate surface area is 169 Å². The summed E-state index contributed by atoms with van der Waals surface area (Å²) in [5.41, 5.74) is 3.23. The number of esters is 1. The molecule has 2 rings (SSSR count). The van der Waals surface area contributed by atoms with Gasteiger partial charge in [-0.3, -0.25) is 4.79 Å². The average molecular weight is 404 g/mol. The van der Waals surface area contributed by atoms with E-state index in [0.29, 0.717) is 5.56 Å². The third-order valence-electron chi connectivity index (χ3n) is 4.19. The first-order valence-corrected chi connectivity index (χ1v) is 9.31. The number of rotatable bonds is 6. The number of para-hydroxylation sites is 1. The number of anilines is 1. The van der Waals surface area contributed by atoms with Crippen molar-refractivity contribution >= 4 is 35.2 Å². The molecule has 6 heteroatoms. The number of hydrogen-bond acceptors (Lipinski definition) is 3. The van der Waals surface area contributed by atoms with Crippen molar-refractivity contribution in [3.8, 4) is 0 Å². The molecule has 0 radical (unpaired) electrons. The lowest BCUT2D eigenvalue weighted by Gasteiger charge is -2.18. The SMILES string of the molecule is Cc1cccc(C(C)C)c1NC(=O)[C@@H](C)OC(=O)/C=C/c1ccc(F)c(Cl)c1. The maximum atomic E-state index is 13.2. The van der Waals surface area contributed by atoms with Crippen LogP contribution in [0.15, 0.2) is 42.5 Å². The number of benzene rings is 2. The van der Waals surface area contributed by atoms with E-state index in [9.17, 15) is 14.0 Å². The molecule has 0 fully saturated rings. The number of carbonyl (C=O) groups is 2. The van der Waals surface area contributed by atoms with Crippen LogP contribution in [0.2, 0.25) is 5.02 Å². The third-order valence-corrected chi connectivity index (χ3v) is 4.48. The van der Waals surface area contributed by atoms with E-state index < -0.39 is 23.8 Å². The molecule has 0 aliphatic rings. The van der Waals surface area contributed by atoms with Crippen LogP contribution in [-0.2, 0) is 14.3 Å². The third kappa shape index (κ3) is 5.67. The topological polar surface area (TPSA) is 55.4 Å². The summed E-state index contributed by atoms with van der Waals surface area (Å²) in [6.45, 7) is 7.50. The molecule has 148 valence electrons. The fraction of sp³-hybridized carbons (Fsp3) is 0.273.